The summed E-state index contributed by atoms with van der Waals surface area (Å²) in [5, 5.41) is 13.0. The first-order chi connectivity index (χ1) is 6.88. The third-order valence-electron chi connectivity index (χ3n) is 2.45. The summed E-state index contributed by atoms with van der Waals surface area (Å²) < 4.78 is 5.44. The van der Waals surface area contributed by atoms with Crippen molar-refractivity contribution in [2.24, 2.45) is 0 Å². The molecule has 1 unspecified atom stereocenters. The molecule has 2 rings (SSSR count). The molecule has 1 aliphatic rings. The highest BCUT2D eigenvalue weighted by atomic mass is 16.5. The maximum absolute atomic E-state index is 9.66. The summed E-state index contributed by atoms with van der Waals surface area (Å²) in [7, 11) is 0. The van der Waals surface area contributed by atoms with Crippen LogP contribution in [0.25, 0.3) is 0 Å². The molecular formula is C11H15NO2. The molecule has 14 heavy (non-hydrogen) atoms. The molecule has 1 aromatic rings. The highest BCUT2D eigenvalue weighted by Crippen LogP contribution is 2.24. The molecule has 1 heterocycles. The molecule has 0 aromatic heterocycles. The van der Waals surface area contributed by atoms with Crippen molar-refractivity contribution in [3.05, 3.63) is 29.8 Å². The van der Waals surface area contributed by atoms with Crippen LogP contribution >= 0.6 is 0 Å². The smallest absolute Gasteiger partial charge is 0.120 e. The lowest BCUT2D eigenvalue weighted by Gasteiger charge is -2.16. The zero-order valence-electron chi connectivity index (χ0n) is 8.07. The Labute approximate surface area is 83.7 Å². The van der Waals surface area contributed by atoms with Crippen LogP contribution in [0.15, 0.2) is 24.3 Å². The lowest BCUT2D eigenvalue weighted by atomic mass is 10.1. The Bertz CT molecular complexity index is 293. The molecule has 76 valence electrons. The Morgan fingerprint density at radius 1 is 1.36 bits per heavy atom. The number of hydrogen-bond acceptors (Lipinski definition) is 3. The fraction of sp³-hybridized carbons (Fsp3) is 0.455. The number of phenols is 1. The van der Waals surface area contributed by atoms with Gasteiger partial charge in [-0.2, -0.15) is 0 Å². The van der Waals surface area contributed by atoms with Crippen LogP contribution in [0.3, 0.4) is 0 Å². The second-order valence-corrected chi connectivity index (χ2v) is 3.49. The van der Waals surface area contributed by atoms with E-state index in [0.29, 0.717) is 12.4 Å². The van der Waals surface area contributed by atoms with Crippen LogP contribution < -0.4 is 5.32 Å². The number of ether oxygens (including phenoxy) is 1. The molecule has 1 saturated heterocycles. The number of benzene rings is 1. The van der Waals surface area contributed by atoms with Gasteiger partial charge in [-0.25, -0.2) is 0 Å². The van der Waals surface area contributed by atoms with E-state index >= 15 is 0 Å². The van der Waals surface area contributed by atoms with Crippen molar-refractivity contribution in [1.29, 1.82) is 0 Å². The van der Waals surface area contributed by atoms with Crippen LogP contribution in [0, 0.1) is 0 Å². The fourth-order valence-electron chi connectivity index (χ4n) is 1.69. The molecule has 0 aliphatic carbocycles. The summed E-state index contributed by atoms with van der Waals surface area (Å²) >= 11 is 0. The Hall–Kier alpha value is -1.06. The maximum Gasteiger partial charge on any atom is 0.120 e. The van der Waals surface area contributed by atoms with Gasteiger partial charge in [0.25, 0.3) is 0 Å². The first-order valence-corrected chi connectivity index (χ1v) is 4.97. The zero-order chi connectivity index (χ0) is 9.80. The van der Waals surface area contributed by atoms with Gasteiger partial charge in [0.05, 0.1) is 12.6 Å². The van der Waals surface area contributed by atoms with Crippen molar-refractivity contribution in [3.63, 3.8) is 0 Å². The van der Waals surface area contributed by atoms with Gasteiger partial charge in [0.1, 0.15) is 5.75 Å². The second kappa shape index (κ2) is 4.44. The summed E-state index contributed by atoms with van der Waals surface area (Å²) in [5.41, 5.74) is 0.925. The summed E-state index contributed by atoms with van der Waals surface area (Å²) in [6.45, 7) is 2.38. The van der Waals surface area contributed by atoms with Gasteiger partial charge in [-0.05, 0) is 19.0 Å². The minimum Gasteiger partial charge on any atom is -0.508 e. The fourth-order valence-corrected chi connectivity index (χ4v) is 1.69. The van der Waals surface area contributed by atoms with E-state index in [4.69, 9.17) is 4.74 Å². The number of phenolic OH excluding ortho intramolecular Hbond substituents is 1. The maximum atomic E-state index is 9.66. The lowest BCUT2D eigenvalue weighted by Crippen LogP contribution is -2.23. The first kappa shape index (κ1) is 9.49. The van der Waals surface area contributed by atoms with Gasteiger partial charge in [0, 0.05) is 12.2 Å². The van der Waals surface area contributed by atoms with Gasteiger partial charge in [0.2, 0.25) is 0 Å². The number of aromatic hydroxyl groups is 1. The van der Waals surface area contributed by atoms with E-state index < -0.39 is 0 Å². The van der Waals surface area contributed by atoms with E-state index in [9.17, 15) is 5.11 Å². The lowest BCUT2D eigenvalue weighted by molar-refractivity contribution is 0.131. The molecule has 1 aromatic carbocycles. The molecule has 1 aliphatic heterocycles. The van der Waals surface area contributed by atoms with E-state index in [0.717, 1.165) is 25.1 Å². The predicted molar refractivity (Wildman–Crippen MR) is 54.3 cm³/mol. The highest BCUT2D eigenvalue weighted by molar-refractivity contribution is 5.34. The minimum atomic E-state index is 0.124. The van der Waals surface area contributed by atoms with Gasteiger partial charge >= 0.3 is 0 Å². The molecule has 1 atom stereocenters. The van der Waals surface area contributed by atoms with Crippen LogP contribution in [-0.4, -0.2) is 24.9 Å². The highest BCUT2D eigenvalue weighted by Gasteiger charge is 2.16. The summed E-state index contributed by atoms with van der Waals surface area (Å²) in [6, 6.07) is 7.53. The van der Waals surface area contributed by atoms with Crippen LogP contribution in [0.1, 0.15) is 18.0 Å². The van der Waals surface area contributed by atoms with E-state index in [2.05, 4.69) is 5.32 Å². The molecule has 0 bridgehead atoms. The van der Waals surface area contributed by atoms with Crippen molar-refractivity contribution in [3.8, 4) is 5.75 Å². The predicted octanol–water partition coefficient (Wildman–Crippen LogP) is 1.44. The molecule has 0 amide bonds. The van der Waals surface area contributed by atoms with Crippen LogP contribution in [0.2, 0.25) is 0 Å². The average Bonchev–Trinajstić information content (AvgIpc) is 2.47. The van der Waals surface area contributed by atoms with Crippen LogP contribution in [-0.2, 0) is 4.74 Å². The number of hydrogen-bond donors (Lipinski definition) is 2. The normalized spacial score (nSPS) is 23.0. The number of para-hydroxylation sites is 1. The van der Waals surface area contributed by atoms with Crippen molar-refractivity contribution >= 4 is 0 Å². The minimum absolute atomic E-state index is 0.124. The van der Waals surface area contributed by atoms with E-state index in [1.165, 1.54) is 0 Å². The van der Waals surface area contributed by atoms with Crippen molar-refractivity contribution < 1.29 is 9.84 Å². The van der Waals surface area contributed by atoms with E-state index in [1.54, 1.807) is 6.07 Å². The summed E-state index contributed by atoms with van der Waals surface area (Å²) in [5.74, 6) is 0.343. The van der Waals surface area contributed by atoms with Crippen molar-refractivity contribution in [2.45, 2.75) is 12.5 Å². The zero-order valence-corrected chi connectivity index (χ0v) is 8.07. The second-order valence-electron chi connectivity index (χ2n) is 3.49. The Morgan fingerprint density at radius 2 is 2.21 bits per heavy atom. The average molecular weight is 193 g/mol. The SMILES string of the molecule is Oc1ccccc1C1COCCCN1. The number of rotatable bonds is 1. The van der Waals surface area contributed by atoms with E-state index in [1.807, 2.05) is 18.2 Å². The topological polar surface area (TPSA) is 41.5 Å². The molecule has 0 spiro atoms. The van der Waals surface area contributed by atoms with Gasteiger partial charge in [-0.1, -0.05) is 18.2 Å². The van der Waals surface area contributed by atoms with Crippen LogP contribution in [0.5, 0.6) is 5.75 Å². The standard InChI is InChI=1S/C11H15NO2/c13-11-5-2-1-4-9(11)10-8-14-7-3-6-12-10/h1-2,4-5,10,12-13H,3,6-8H2. The Balaban J connectivity index is 2.16. The quantitative estimate of drug-likeness (QED) is 0.709. The summed E-state index contributed by atoms with van der Waals surface area (Å²) in [4.78, 5) is 0. The molecule has 0 saturated carbocycles. The van der Waals surface area contributed by atoms with Crippen molar-refractivity contribution in [1.82, 2.24) is 5.32 Å². The third kappa shape index (κ3) is 2.05. The van der Waals surface area contributed by atoms with Gasteiger partial charge < -0.3 is 15.2 Å². The first-order valence-electron chi connectivity index (χ1n) is 4.97. The van der Waals surface area contributed by atoms with Crippen molar-refractivity contribution in [2.75, 3.05) is 19.8 Å². The molecule has 1 fully saturated rings. The molecule has 0 radical (unpaired) electrons. The Kier molecular flexibility index (Phi) is 3.01. The van der Waals surface area contributed by atoms with Gasteiger partial charge in [-0.15, -0.1) is 0 Å². The summed E-state index contributed by atoms with van der Waals surface area (Å²) in [6.07, 6.45) is 1.03. The molecular weight excluding hydrogens is 178 g/mol. The number of nitrogens with one attached hydrogen (secondary N) is 1. The largest absolute Gasteiger partial charge is 0.508 e. The molecule has 3 nitrogen and oxygen atoms in total. The Morgan fingerprint density at radius 3 is 3.07 bits per heavy atom. The molecule has 3 heteroatoms. The molecule has 2 N–H and O–H groups in total. The third-order valence-corrected chi connectivity index (χ3v) is 2.45. The van der Waals surface area contributed by atoms with Crippen LogP contribution in [0.4, 0.5) is 0 Å². The van der Waals surface area contributed by atoms with Gasteiger partial charge in [-0.3, -0.25) is 0 Å². The van der Waals surface area contributed by atoms with E-state index in [-0.39, 0.29) is 6.04 Å². The monoisotopic (exact) mass is 193 g/mol. The van der Waals surface area contributed by atoms with Gasteiger partial charge in [0.15, 0.2) is 0 Å².